The Hall–Kier alpha value is -3.14. The van der Waals surface area contributed by atoms with Crippen LogP contribution in [0.25, 0.3) is 17.0 Å². The molecule has 38 heavy (non-hydrogen) atoms. The van der Waals surface area contributed by atoms with Crippen LogP contribution in [0, 0.1) is 0 Å². The van der Waals surface area contributed by atoms with Gasteiger partial charge in [0, 0.05) is 40.6 Å². The molecule has 12 heteroatoms. The van der Waals surface area contributed by atoms with Crippen molar-refractivity contribution in [2.45, 2.75) is 6.54 Å². The minimum atomic E-state index is -0.478. The number of hydrogen-bond acceptors (Lipinski definition) is 4. The zero-order valence-electron chi connectivity index (χ0n) is 19.2. The van der Waals surface area contributed by atoms with Crippen molar-refractivity contribution >= 4 is 104 Å². The maximum absolute atomic E-state index is 12.6. The molecule has 0 aliphatic carbocycles. The van der Waals surface area contributed by atoms with E-state index in [0.29, 0.717) is 43.6 Å². The average Bonchev–Trinajstić information content (AvgIpc) is 3.36. The Morgan fingerprint density at radius 3 is 2.18 bits per heavy atom. The number of amides is 4. The van der Waals surface area contributed by atoms with Gasteiger partial charge in [0.2, 0.25) is 0 Å². The summed E-state index contributed by atoms with van der Waals surface area (Å²) in [5.74, 6) is -0.458. The lowest BCUT2D eigenvalue weighted by Gasteiger charge is -2.10. The summed E-state index contributed by atoms with van der Waals surface area (Å²) in [5.41, 5.74) is 3.45. The van der Waals surface area contributed by atoms with Crippen molar-refractivity contribution in [1.82, 2.24) is 9.88 Å². The van der Waals surface area contributed by atoms with Gasteiger partial charge >= 0.3 is 6.03 Å². The fourth-order valence-corrected chi connectivity index (χ4v) is 5.20. The molecular weight excluding hydrogens is 590 g/mol. The van der Waals surface area contributed by atoms with Crippen molar-refractivity contribution in [2.75, 3.05) is 10.6 Å². The van der Waals surface area contributed by atoms with Crippen LogP contribution in [0.2, 0.25) is 20.1 Å². The van der Waals surface area contributed by atoms with Crippen LogP contribution in [0.5, 0.6) is 0 Å². The van der Waals surface area contributed by atoms with Gasteiger partial charge in [-0.05, 0) is 71.9 Å². The van der Waals surface area contributed by atoms with E-state index >= 15 is 0 Å². The van der Waals surface area contributed by atoms with Gasteiger partial charge in [-0.1, -0.05) is 52.5 Å². The molecule has 0 bridgehead atoms. The largest absolute Gasteiger partial charge is 0.342 e. The normalized spacial score (nSPS) is 14.3. The molecule has 0 unspecified atom stereocenters. The van der Waals surface area contributed by atoms with Crippen molar-refractivity contribution in [1.29, 1.82) is 0 Å². The maximum Gasteiger partial charge on any atom is 0.323 e. The monoisotopic (exact) mass is 604 g/mol. The molecule has 2 heterocycles. The number of carbonyl (C=O) groups excluding carboxylic acids is 3. The first kappa shape index (κ1) is 26.5. The molecule has 3 N–H and O–H groups in total. The van der Waals surface area contributed by atoms with Gasteiger partial charge in [0.15, 0.2) is 0 Å². The van der Waals surface area contributed by atoms with Crippen LogP contribution < -0.4 is 16.0 Å². The van der Waals surface area contributed by atoms with Gasteiger partial charge in [-0.3, -0.25) is 14.9 Å². The fourth-order valence-electron chi connectivity index (χ4n) is 3.91. The molecule has 5 rings (SSSR count). The molecule has 1 aliphatic heterocycles. The predicted octanol–water partition coefficient (Wildman–Crippen LogP) is 8.27. The number of carbonyl (C=O) groups is 3. The quantitative estimate of drug-likeness (QED) is 0.200. The van der Waals surface area contributed by atoms with E-state index in [2.05, 4.69) is 16.0 Å². The van der Waals surface area contributed by atoms with Gasteiger partial charge in [-0.25, -0.2) is 4.79 Å². The van der Waals surface area contributed by atoms with Gasteiger partial charge in [-0.2, -0.15) is 0 Å². The number of thioether (sulfide) groups is 1. The number of urea groups is 1. The van der Waals surface area contributed by atoms with Crippen molar-refractivity contribution in [3.8, 4) is 0 Å². The molecule has 0 radical (unpaired) electrons. The molecule has 1 aromatic heterocycles. The molecular formula is C26H16Cl4N4O3S. The minimum absolute atomic E-state index is 0.277. The van der Waals surface area contributed by atoms with Gasteiger partial charge in [-0.15, -0.1) is 0 Å². The first-order valence-corrected chi connectivity index (χ1v) is 13.3. The van der Waals surface area contributed by atoms with E-state index in [-0.39, 0.29) is 4.91 Å². The summed E-state index contributed by atoms with van der Waals surface area (Å²) in [7, 11) is 0. The minimum Gasteiger partial charge on any atom is -0.342 e. The standard InChI is InChI=1S/C26H16Cl4N4O3S/c27-18-4-1-13(7-20(18)29)11-34-12-14(8-23-24(35)33-26(37)38-23)17-9-15(3-6-22(17)34)31-25(36)32-16-2-5-19(28)21(30)10-16/h1-10,12H,11H2,(H2,31,32,36)(H,33,35,37)/b23-8-. The van der Waals surface area contributed by atoms with Gasteiger partial charge in [0.05, 0.1) is 25.0 Å². The van der Waals surface area contributed by atoms with E-state index in [4.69, 9.17) is 46.4 Å². The highest BCUT2D eigenvalue weighted by atomic mass is 35.5. The van der Waals surface area contributed by atoms with E-state index < -0.39 is 17.2 Å². The van der Waals surface area contributed by atoms with Crippen LogP contribution in [0.15, 0.2) is 65.7 Å². The number of nitrogens with one attached hydrogen (secondary N) is 3. The highest BCUT2D eigenvalue weighted by molar-refractivity contribution is 8.18. The highest BCUT2D eigenvalue weighted by Gasteiger charge is 2.25. The Morgan fingerprint density at radius 1 is 0.868 bits per heavy atom. The summed E-state index contributed by atoms with van der Waals surface area (Å²) < 4.78 is 1.99. The molecule has 1 fully saturated rings. The average molecular weight is 606 g/mol. The molecule has 1 saturated heterocycles. The topological polar surface area (TPSA) is 92.2 Å². The second kappa shape index (κ2) is 10.9. The van der Waals surface area contributed by atoms with Crippen LogP contribution in [0.1, 0.15) is 11.1 Å². The highest BCUT2D eigenvalue weighted by Crippen LogP contribution is 2.32. The summed E-state index contributed by atoms with van der Waals surface area (Å²) in [6, 6.07) is 15.1. The van der Waals surface area contributed by atoms with E-state index in [1.807, 2.05) is 22.9 Å². The lowest BCUT2D eigenvalue weighted by Crippen LogP contribution is -2.19. The van der Waals surface area contributed by atoms with Crippen molar-refractivity contribution in [3.05, 3.63) is 96.9 Å². The Labute approximate surface area is 241 Å². The summed E-state index contributed by atoms with van der Waals surface area (Å²) in [6.07, 6.45) is 3.52. The predicted molar refractivity (Wildman–Crippen MR) is 156 cm³/mol. The second-order valence-corrected chi connectivity index (χ2v) is 10.9. The van der Waals surface area contributed by atoms with Crippen LogP contribution in [0.3, 0.4) is 0 Å². The Balaban J connectivity index is 1.48. The van der Waals surface area contributed by atoms with Crippen LogP contribution in [0.4, 0.5) is 21.0 Å². The second-order valence-electron chi connectivity index (χ2n) is 8.25. The van der Waals surface area contributed by atoms with Crippen molar-refractivity contribution in [3.63, 3.8) is 0 Å². The SMILES string of the molecule is O=C(Nc1ccc(Cl)c(Cl)c1)Nc1ccc2c(c1)c(/C=C1\SC(=O)NC1=O)cn2Cc1ccc(Cl)c(Cl)c1. The fraction of sp³-hybridized carbons (Fsp3) is 0.0385. The van der Waals surface area contributed by atoms with E-state index in [1.165, 1.54) is 0 Å². The summed E-state index contributed by atoms with van der Waals surface area (Å²) in [6.45, 7) is 0.472. The summed E-state index contributed by atoms with van der Waals surface area (Å²) in [4.78, 5) is 36.8. The maximum atomic E-state index is 12.6. The Kier molecular flexibility index (Phi) is 7.61. The lowest BCUT2D eigenvalue weighted by molar-refractivity contribution is -0.115. The van der Waals surface area contributed by atoms with E-state index in [9.17, 15) is 14.4 Å². The number of rotatable bonds is 5. The Morgan fingerprint density at radius 2 is 1.53 bits per heavy atom. The number of anilines is 2. The number of aromatic nitrogens is 1. The zero-order valence-corrected chi connectivity index (χ0v) is 23.0. The van der Waals surface area contributed by atoms with Crippen LogP contribution >= 0.6 is 58.2 Å². The molecule has 4 amide bonds. The smallest absolute Gasteiger partial charge is 0.323 e. The number of fused-ring (bicyclic) bond motifs is 1. The first-order chi connectivity index (χ1) is 18.2. The number of halogens is 4. The third-order valence-electron chi connectivity index (χ3n) is 5.61. The summed E-state index contributed by atoms with van der Waals surface area (Å²) in [5, 5.41) is 9.71. The van der Waals surface area contributed by atoms with Crippen LogP contribution in [-0.2, 0) is 11.3 Å². The number of nitrogens with zero attached hydrogens (tertiary/aromatic N) is 1. The molecule has 192 valence electrons. The van der Waals surface area contributed by atoms with Crippen LogP contribution in [-0.4, -0.2) is 21.7 Å². The number of hydrogen-bond donors (Lipinski definition) is 3. The van der Waals surface area contributed by atoms with Gasteiger partial charge in [0.25, 0.3) is 11.1 Å². The number of benzene rings is 3. The molecule has 4 aromatic rings. The molecule has 0 saturated carbocycles. The van der Waals surface area contributed by atoms with Gasteiger partial charge in [0.1, 0.15) is 0 Å². The molecule has 0 spiro atoms. The molecule has 3 aromatic carbocycles. The third-order valence-corrected chi connectivity index (χ3v) is 7.90. The summed E-state index contributed by atoms with van der Waals surface area (Å²) >= 11 is 25.1. The van der Waals surface area contributed by atoms with Crippen molar-refractivity contribution in [2.24, 2.45) is 0 Å². The lowest BCUT2D eigenvalue weighted by atomic mass is 10.1. The Bertz CT molecular complexity index is 1670. The molecule has 1 aliphatic rings. The first-order valence-electron chi connectivity index (χ1n) is 11.0. The van der Waals surface area contributed by atoms with E-state index in [0.717, 1.165) is 28.2 Å². The van der Waals surface area contributed by atoms with E-state index in [1.54, 1.807) is 48.5 Å². The number of imide groups is 1. The third kappa shape index (κ3) is 5.80. The zero-order chi connectivity index (χ0) is 27.0. The molecule has 0 atom stereocenters. The molecule has 7 nitrogen and oxygen atoms in total. The van der Waals surface area contributed by atoms with Crippen molar-refractivity contribution < 1.29 is 14.4 Å². The van der Waals surface area contributed by atoms with Gasteiger partial charge < -0.3 is 15.2 Å².